The molecule has 0 spiro atoms. The standard InChI is InChI=1S/C14H16ClNO2/c1-3-9-5-7-13(18-9)14(16)11-6-4-10(17-2)8-12(11)15/h4-8,14H,3,16H2,1-2H3. The highest BCUT2D eigenvalue weighted by molar-refractivity contribution is 6.31. The predicted octanol–water partition coefficient (Wildman–Crippen LogP) is 3.55. The summed E-state index contributed by atoms with van der Waals surface area (Å²) in [4.78, 5) is 0. The first-order chi connectivity index (χ1) is 8.65. The van der Waals surface area contributed by atoms with E-state index in [2.05, 4.69) is 0 Å². The molecule has 2 rings (SSSR count). The van der Waals surface area contributed by atoms with Crippen LogP contribution in [0.5, 0.6) is 5.75 Å². The van der Waals surface area contributed by atoms with Gasteiger partial charge in [-0.3, -0.25) is 0 Å². The van der Waals surface area contributed by atoms with Gasteiger partial charge in [-0.25, -0.2) is 0 Å². The van der Waals surface area contributed by atoms with Crippen LogP contribution >= 0.6 is 11.6 Å². The summed E-state index contributed by atoms with van der Waals surface area (Å²) in [7, 11) is 1.60. The number of furan rings is 1. The monoisotopic (exact) mass is 265 g/mol. The maximum Gasteiger partial charge on any atom is 0.125 e. The van der Waals surface area contributed by atoms with Crippen molar-refractivity contribution in [3.63, 3.8) is 0 Å². The van der Waals surface area contributed by atoms with E-state index in [9.17, 15) is 0 Å². The molecule has 0 bridgehead atoms. The largest absolute Gasteiger partial charge is 0.497 e. The molecule has 0 aliphatic heterocycles. The lowest BCUT2D eigenvalue weighted by molar-refractivity contribution is 0.414. The highest BCUT2D eigenvalue weighted by Crippen LogP contribution is 2.30. The second-order valence-electron chi connectivity index (χ2n) is 4.02. The van der Waals surface area contributed by atoms with E-state index in [1.165, 1.54) is 0 Å². The van der Waals surface area contributed by atoms with Gasteiger partial charge < -0.3 is 14.9 Å². The lowest BCUT2D eigenvalue weighted by Gasteiger charge is -2.12. The van der Waals surface area contributed by atoms with Gasteiger partial charge in [0.25, 0.3) is 0 Å². The lowest BCUT2D eigenvalue weighted by atomic mass is 10.1. The van der Waals surface area contributed by atoms with E-state index in [0.29, 0.717) is 10.8 Å². The first-order valence-corrected chi connectivity index (χ1v) is 6.21. The Morgan fingerprint density at radius 3 is 2.67 bits per heavy atom. The van der Waals surface area contributed by atoms with Crippen molar-refractivity contribution in [2.24, 2.45) is 5.73 Å². The summed E-state index contributed by atoms with van der Waals surface area (Å²) in [5.41, 5.74) is 6.99. The Bertz CT molecular complexity index is 536. The summed E-state index contributed by atoms with van der Waals surface area (Å²) in [5.74, 6) is 2.36. The summed E-state index contributed by atoms with van der Waals surface area (Å²) in [6, 6.07) is 8.92. The van der Waals surface area contributed by atoms with Crippen molar-refractivity contribution in [1.82, 2.24) is 0 Å². The minimum Gasteiger partial charge on any atom is -0.497 e. The normalized spacial score (nSPS) is 12.4. The number of ether oxygens (including phenoxy) is 1. The second-order valence-corrected chi connectivity index (χ2v) is 4.43. The van der Waals surface area contributed by atoms with Crippen molar-refractivity contribution in [3.8, 4) is 5.75 Å². The average molecular weight is 266 g/mol. The molecule has 0 fully saturated rings. The minimum atomic E-state index is -0.358. The number of benzene rings is 1. The van der Waals surface area contributed by atoms with E-state index in [1.54, 1.807) is 13.2 Å². The first-order valence-electron chi connectivity index (χ1n) is 5.83. The Kier molecular flexibility index (Phi) is 3.94. The highest BCUT2D eigenvalue weighted by Gasteiger charge is 2.16. The SMILES string of the molecule is CCc1ccc(C(N)c2ccc(OC)cc2Cl)o1. The molecule has 1 atom stereocenters. The maximum absolute atomic E-state index is 6.19. The van der Waals surface area contributed by atoms with Gasteiger partial charge in [0, 0.05) is 11.4 Å². The van der Waals surface area contributed by atoms with E-state index in [0.717, 1.165) is 23.5 Å². The van der Waals surface area contributed by atoms with E-state index in [1.807, 2.05) is 31.2 Å². The molecule has 2 aromatic rings. The van der Waals surface area contributed by atoms with Crippen molar-refractivity contribution in [2.75, 3.05) is 7.11 Å². The Balaban J connectivity index is 2.30. The second kappa shape index (κ2) is 5.46. The van der Waals surface area contributed by atoms with Crippen LogP contribution in [0, 0.1) is 0 Å². The smallest absolute Gasteiger partial charge is 0.125 e. The van der Waals surface area contributed by atoms with Crippen LogP contribution < -0.4 is 10.5 Å². The van der Waals surface area contributed by atoms with Crippen LogP contribution in [-0.2, 0) is 6.42 Å². The molecule has 4 heteroatoms. The van der Waals surface area contributed by atoms with E-state index in [4.69, 9.17) is 26.5 Å². The summed E-state index contributed by atoms with van der Waals surface area (Å²) in [6.07, 6.45) is 0.850. The van der Waals surface area contributed by atoms with Crippen molar-refractivity contribution >= 4 is 11.6 Å². The Morgan fingerprint density at radius 2 is 2.11 bits per heavy atom. The van der Waals surface area contributed by atoms with Gasteiger partial charge in [0.05, 0.1) is 13.2 Å². The fourth-order valence-corrected chi connectivity index (χ4v) is 2.08. The highest BCUT2D eigenvalue weighted by atomic mass is 35.5. The molecule has 1 unspecified atom stereocenters. The van der Waals surface area contributed by atoms with E-state index in [-0.39, 0.29) is 6.04 Å². The third-order valence-corrected chi connectivity index (χ3v) is 3.21. The molecule has 1 heterocycles. The summed E-state index contributed by atoms with van der Waals surface area (Å²) >= 11 is 6.19. The summed E-state index contributed by atoms with van der Waals surface area (Å²) < 4.78 is 10.8. The molecule has 0 amide bonds. The third kappa shape index (κ3) is 2.52. The molecule has 18 heavy (non-hydrogen) atoms. The average Bonchev–Trinajstić information content (AvgIpc) is 2.86. The molecule has 0 aliphatic carbocycles. The fourth-order valence-electron chi connectivity index (χ4n) is 1.79. The van der Waals surface area contributed by atoms with Crippen LogP contribution in [0.25, 0.3) is 0 Å². The number of methoxy groups -OCH3 is 1. The molecular weight excluding hydrogens is 250 g/mol. The number of nitrogens with two attached hydrogens (primary N) is 1. The van der Waals surface area contributed by atoms with Crippen LogP contribution in [-0.4, -0.2) is 7.11 Å². The third-order valence-electron chi connectivity index (χ3n) is 2.88. The topological polar surface area (TPSA) is 48.4 Å². The van der Waals surface area contributed by atoms with Gasteiger partial charge in [0.2, 0.25) is 0 Å². The molecule has 0 saturated carbocycles. The molecule has 1 aromatic heterocycles. The summed E-state index contributed by atoms with van der Waals surface area (Å²) in [5, 5.41) is 0.580. The maximum atomic E-state index is 6.19. The van der Waals surface area contributed by atoms with Crippen LogP contribution in [0.3, 0.4) is 0 Å². The minimum absolute atomic E-state index is 0.358. The molecule has 0 aliphatic rings. The van der Waals surface area contributed by atoms with Gasteiger partial charge >= 0.3 is 0 Å². The molecule has 3 nitrogen and oxygen atoms in total. The van der Waals surface area contributed by atoms with Crippen molar-refractivity contribution < 1.29 is 9.15 Å². The molecule has 2 N–H and O–H groups in total. The van der Waals surface area contributed by atoms with Crippen molar-refractivity contribution in [3.05, 3.63) is 52.4 Å². The van der Waals surface area contributed by atoms with Gasteiger partial charge in [0.15, 0.2) is 0 Å². The molecular formula is C14H16ClNO2. The predicted molar refractivity (Wildman–Crippen MR) is 72.1 cm³/mol. The quantitative estimate of drug-likeness (QED) is 0.920. The van der Waals surface area contributed by atoms with Crippen molar-refractivity contribution in [1.29, 1.82) is 0 Å². The van der Waals surface area contributed by atoms with Gasteiger partial charge in [0.1, 0.15) is 17.3 Å². The summed E-state index contributed by atoms with van der Waals surface area (Å²) in [6.45, 7) is 2.04. The van der Waals surface area contributed by atoms with Crippen molar-refractivity contribution in [2.45, 2.75) is 19.4 Å². The molecule has 1 aromatic carbocycles. The van der Waals surface area contributed by atoms with E-state index < -0.39 is 0 Å². The lowest BCUT2D eigenvalue weighted by Crippen LogP contribution is -2.11. The van der Waals surface area contributed by atoms with Gasteiger partial charge in [-0.1, -0.05) is 24.6 Å². The Labute approximate surface area is 111 Å². The molecule has 0 saturated heterocycles. The number of aryl methyl sites for hydroxylation is 1. The molecule has 96 valence electrons. The van der Waals surface area contributed by atoms with Crippen LogP contribution in [0.4, 0.5) is 0 Å². The Hall–Kier alpha value is -1.45. The number of halogens is 1. The molecule has 0 radical (unpaired) electrons. The number of hydrogen-bond donors (Lipinski definition) is 1. The fraction of sp³-hybridized carbons (Fsp3) is 0.286. The zero-order valence-electron chi connectivity index (χ0n) is 10.4. The zero-order chi connectivity index (χ0) is 13.1. The van der Waals surface area contributed by atoms with Gasteiger partial charge in [-0.15, -0.1) is 0 Å². The zero-order valence-corrected chi connectivity index (χ0v) is 11.2. The first kappa shape index (κ1) is 13.0. The Morgan fingerprint density at radius 1 is 1.33 bits per heavy atom. The van der Waals surface area contributed by atoms with Gasteiger partial charge in [-0.2, -0.15) is 0 Å². The number of rotatable bonds is 4. The van der Waals surface area contributed by atoms with Crippen LogP contribution in [0.2, 0.25) is 5.02 Å². The number of hydrogen-bond acceptors (Lipinski definition) is 3. The van der Waals surface area contributed by atoms with Crippen LogP contribution in [0.15, 0.2) is 34.7 Å². The van der Waals surface area contributed by atoms with Gasteiger partial charge in [-0.05, 0) is 29.8 Å². The van der Waals surface area contributed by atoms with Crippen LogP contribution in [0.1, 0.15) is 30.0 Å². The van der Waals surface area contributed by atoms with E-state index >= 15 is 0 Å².